The standard InChI is InChI=1S/C9H9NO4/c1-14-7-2-3-8(10-9(12)13)6(4-7)5-11/h2-5,10H,1H3,(H,12,13). The Hall–Kier alpha value is -2.04. The van der Waals surface area contributed by atoms with Gasteiger partial charge in [-0.1, -0.05) is 0 Å². The quantitative estimate of drug-likeness (QED) is 0.718. The second-order valence-electron chi connectivity index (χ2n) is 2.50. The number of amides is 1. The fraction of sp³-hybridized carbons (Fsp3) is 0.111. The van der Waals surface area contributed by atoms with Gasteiger partial charge in [0.25, 0.3) is 0 Å². The fourth-order valence-corrected chi connectivity index (χ4v) is 0.994. The average molecular weight is 195 g/mol. The smallest absolute Gasteiger partial charge is 0.409 e. The van der Waals surface area contributed by atoms with Gasteiger partial charge >= 0.3 is 6.09 Å². The lowest BCUT2D eigenvalue weighted by Crippen LogP contribution is -2.09. The van der Waals surface area contributed by atoms with Crippen LogP contribution in [-0.2, 0) is 0 Å². The van der Waals surface area contributed by atoms with E-state index in [2.05, 4.69) is 5.32 Å². The van der Waals surface area contributed by atoms with Crippen LogP contribution in [0.2, 0.25) is 0 Å². The molecule has 0 saturated heterocycles. The van der Waals surface area contributed by atoms with E-state index in [1.54, 1.807) is 6.07 Å². The first-order chi connectivity index (χ1) is 6.67. The molecular weight excluding hydrogens is 186 g/mol. The van der Waals surface area contributed by atoms with E-state index >= 15 is 0 Å². The molecule has 14 heavy (non-hydrogen) atoms. The minimum atomic E-state index is -1.21. The molecule has 2 N–H and O–H groups in total. The minimum absolute atomic E-state index is 0.242. The van der Waals surface area contributed by atoms with Gasteiger partial charge in [0.2, 0.25) is 0 Å². The van der Waals surface area contributed by atoms with Crippen LogP contribution in [0.3, 0.4) is 0 Å². The summed E-state index contributed by atoms with van der Waals surface area (Å²) in [5.74, 6) is 0.503. The van der Waals surface area contributed by atoms with Crippen molar-refractivity contribution in [2.75, 3.05) is 12.4 Å². The van der Waals surface area contributed by atoms with Crippen LogP contribution in [-0.4, -0.2) is 24.6 Å². The number of carboxylic acid groups (broad SMARTS) is 1. The fourth-order valence-electron chi connectivity index (χ4n) is 0.994. The Kier molecular flexibility index (Phi) is 3.06. The molecular formula is C9H9NO4. The van der Waals surface area contributed by atoms with Crippen molar-refractivity contribution < 1.29 is 19.4 Å². The summed E-state index contributed by atoms with van der Waals surface area (Å²) in [7, 11) is 1.47. The summed E-state index contributed by atoms with van der Waals surface area (Å²) in [5.41, 5.74) is 0.486. The number of hydrogen-bond donors (Lipinski definition) is 2. The van der Waals surface area contributed by atoms with E-state index in [9.17, 15) is 9.59 Å². The van der Waals surface area contributed by atoms with E-state index in [4.69, 9.17) is 9.84 Å². The van der Waals surface area contributed by atoms with Gasteiger partial charge < -0.3 is 9.84 Å². The summed E-state index contributed by atoms with van der Waals surface area (Å²) in [6.45, 7) is 0. The zero-order valence-corrected chi connectivity index (χ0v) is 7.48. The Morgan fingerprint density at radius 3 is 2.79 bits per heavy atom. The van der Waals surface area contributed by atoms with Crippen molar-refractivity contribution in [3.63, 3.8) is 0 Å². The number of anilines is 1. The molecule has 5 heteroatoms. The highest BCUT2D eigenvalue weighted by Gasteiger charge is 2.05. The highest BCUT2D eigenvalue weighted by atomic mass is 16.5. The molecule has 0 fully saturated rings. The lowest BCUT2D eigenvalue weighted by Gasteiger charge is -2.06. The first-order valence-corrected chi connectivity index (χ1v) is 3.80. The monoisotopic (exact) mass is 195 g/mol. The number of carbonyl (C=O) groups is 2. The van der Waals surface area contributed by atoms with Crippen molar-refractivity contribution in [1.29, 1.82) is 0 Å². The molecule has 0 aromatic heterocycles. The normalized spacial score (nSPS) is 9.21. The third-order valence-corrected chi connectivity index (χ3v) is 1.63. The van der Waals surface area contributed by atoms with Gasteiger partial charge in [-0.25, -0.2) is 4.79 Å². The number of hydrogen-bond acceptors (Lipinski definition) is 3. The zero-order valence-electron chi connectivity index (χ0n) is 7.48. The third-order valence-electron chi connectivity index (χ3n) is 1.63. The first kappa shape index (κ1) is 10.0. The molecule has 0 aliphatic carbocycles. The molecule has 0 unspecified atom stereocenters. The Labute approximate surface area is 80.3 Å². The summed E-state index contributed by atoms with van der Waals surface area (Å²) >= 11 is 0. The Morgan fingerprint density at radius 1 is 1.57 bits per heavy atom. The largest absolute Gasteiger partial charge is 0.497 e. The van der Waals surface area contributed by atoms with Crippen LogP contribution in [0.5, 0.6) is 5.75 Å². The van der Waals surface area contributed by atoms with Crippen LogP contribution in [0.1, 0.15) is 10.4 Å². The lowest BCUT2D eigenvalue weighted by atomic mass is 10.2. The molecule has 0 atom stereocenters. The molecule has 1 rings (SSSR count). The topological polar surface area (TPSA) is 75.6 Å². The van der Waals surface area contributed by atoms with Gasteiger partial charge in [0.15, 0.2) is 6.29 Å². The summed E-state index contributed by atoms with van der Waals surface area (Å²) in [5, 5.41) is 10.6. The van der Waals surface area contributed by atoms with Crippen molar-refractivity contribution in [3.05, 3.63) is 23.8 Å². The van der Waals surface area contributed by atoms with Crippen LogP contribution in [0.15, 0.2) is 18.2 Å². The van der Waals surface area contributed by atoms with Crippen molar-refractivity contribution in [3.8, 4) is 5.75 Å². The number of ether oxygens (including phenoxy) is 1. The Bertz CT molecular complexity index is 362. The van der Waals surface area contributed by atoms with Gasteiger partial charge in [-0.2, -0.15) is 0 Å². The molecule has 0 bridgehead atoms. The van der Waals surface area contributed by atoms with E-state index in [0.717, 1.165) is 0 Å². The number of aldehydes is 1. The van der Waals surface area contributed by atoms with Crippen LogP contribution < -0.4 is 10.1 Å². The van der Waals surface area contributed by atoms with Crippen molar-refractivity contribution in [1.82, 2.24) is 0 Å². The Morgan fingerprint density at radius 2 is 2.29 bits per heavy atom. The van der Waals surface area contributed by atoms with Crippen molar-refractivity contribution >= 4 is 18.1 Å². The summed E-state index contributed by atoms with van der Waals surface area (Å²) in [4.78, 5) is 20.9. The van der Waals surface area contributed by atoms with Gasteiger partial charge in [-0.15, -0.1) is 0 Å². The molecule has 0 spiro atoms. The van der Waals surface area contributed by atoms with Crippen molar-refractivity contribution in [2.45, 2.75) is 0 Å². The van der Waals surface area contributed by atoms with Gasteiger partial charge in [-0.05, 0) is 18.2 Å². The Balaban J connectivity index is 3.04. The van der Waals surface area contributed by atoms with Gasteiger partial charge in [0.05, 0.1) is 12.8 Å². The molecule has 74 valence electrons. The number of carbonyl (C=O) groups excluding carboxylic acids is 1. The third kappa shape index (κ3) is 2.22. The molecule has 0 radical (unpaired) electrons. The van der Waals surface area contributed by atoms with E-state index < -0.39 is 6.09 Å². The van der Waals surface area contributed by atoms with E-state index in [-0.39, 0.29) is 11.3 Å². The highest BCUT2D eigenvalue weighted by Crippen LogP contribution is 2.20. The first-order valence-electron chi connectivity index (χ1n) is 3.80. The molecule has 0 aliphatic rings. The van der Waals surface area contributed by atoms with Gasteiger partial charge in [0, 0.05) is 5.56 Å². The van der Waals surface area contributed by atoms with E-state index in [1.807, 2.05) is 0 Å². The maximum atomic E-state index is 10.6. The number of benzene rings is 1. The summed E-state index contributed by atoms with van der Waals surface area (Å²) in [6.07, 6.45) is -0.647. The molecule has 0 heterocycles. The molecule has 1 aromatic rings. The molecule has 1 aromatic carbocycles. The zero-order chi connectivity index (χ0) is 10.6. The predicted molar refractivity (Wildman–Crippen MR) is 50.0 cm³/mol. The van der Waals surface area contributed by atoms with E-state index in [0.29, 0.717) is 12.0 Å². The highest BCUT2D eigenvalue weighted by molar-refractivity contribution is 5.92. The second kappa shape index (κ2) is 4.27. The summed E-state index contributed by atoms with van der Waals surface area (Å²) in [6, 6.07) is 4.49. The van der Waals surface area contributed by atoms with Crippen molar-refractivity contribution in [2.24, 2.45) is 0 Å². The average Bonchev–Trinajstić information content (AvgIpc) is 2.17. The van der Waals surface area contributed by atoms with Gasteiger partial charge in [-0.3, -0.25) is 10.1 Å². The summed E-state index contributed by atoms with van der Waals surface area (Å²) < 4.78 is 4.88. The number of rotatable bonds is 3. The number of nitrogens with one attached hydrogen (secondary N) is 1. The second-order valence-corrected chi connectivity index (χ2v) is 2.50. The SMILES string of the molecule is COc1ccc(NC(=O)O)c(C=O)c1. The van der Waals surface area contributed by atoms with Crippen LogP contribution >= 0.6 is 0 Å². The maximum Gasteiger partial charge on any atom is 0.409 e. The number of methoxy groups -OCH3 is 1. The maximum absolute atomic E-state index is 10.6. The van der Waals surface area contributed by atoms with Crippen LogP contribution in [0, 0.1) is 0 Å². The lowest BCUT2D eigenvalue weighted by molar-refractivity contribution is 0.112. The van der Waals surface area contributed by atoms with Crippen LogP contribution in [0.25, 0.3) is 0 Å². The molecule has 1 amide bonds. The van der Waals surface area contributed by atoms with Crippen LogP contribution in [0.4, 0.5) is 10.5 Å². The molecule has 5 nitrogen and oxygen atoms in total. The minimum Gasteiger partial charge on any atom is -0.497 e. The predicted octanol–water partition coefficient (Wildman–Crippen LogP) is 1.60. The molecule has 0 aliphatic heterocycles. The van der Waals surface area contributed by atoms with Gasteiger partial charge in [0.1, 0.15) is 5.75 Å². The molecule has 0 saturated carbocycles. The van der Waals surface area contributed by atoms with E-state index in [1.165, 1.54) is 19.2 Å².